The summed E-state index contributed by atoms with van der Waals surface area (Å²) in [5.74, 6) is 4.46. The molecule has 1 aliphatic heterocycles. The van der Waals surface area contributed by atoms with Gasteiger partial charge in [-0.2, -0.15) is 0 Å². The minimum absolute atomic E-state index is 0.0328. The Kier molecular flexibility index (Phi) is 4.23. The number of hydrogen-bond donors (Lipinski definition) is 1. The standard InChI is InChI=1S/C22H30O2S2/c1-20-7-6-19-17(18(20)5-3-16(20)13-23)4-2-15-12-22(25-10-11-26-22)9-8-21(15,19)14-24/h2,4,12-13,16-19,24H,3,5-11,14H2,1H3/t16-,17+,18+,19+,20-,21-/m1/s1. The molecule has 5 aliphatic rings. The summed E-state index contributed by atoms with van der Waals surface area (Å²) in [7, 11) is 0. The lowest BCUT2D eigenvalue weighted by Gasteiger charge is -2.57. The molecule has 2 nitrogen and oxygen atoms in total. The van der Waals surface area contributed by atoms with E-state index in [1.54, 1.807) is 0 Å². The molecule has 0 aromatic heterocycles. The van der Waals surface area contributed by atoms with Crippen LogP contribution in [0.4, 0.5) is 0 Å². The third kappa shape index (κ3) is 2.27. The maximum Gasteiger partial charge on any atom is 0.123 e. The Balaban J connectivity index is 1.54. The summed E-state index contributed by atoms with van der Waals surface area (Å²) < 4.78 is 0.268. The van der Waals surface area contributed by atoms with Crippen LogP contribution in [0, 0.1) is 34.5 Å². The summed E-state index contributed by atoms with van der Waals surface area (Å²) in [6.45, 7) is 2.66. The van der Waals surface area contributed by atoms with Gasteiger partial charge >= 0.3 is 0 Å². The number of hydrogen-bond acceptors (Lipinski definition) is 4. The van der Waals surface area contributed by atoms with Crippen LogP contribution < -0.4 is 0 Å². The van der Waals surface area contributed by atoms with E-state index in [9.17, 15) is 9.90 Å². The van der Waals surface area contributed by atoms with Gasteiger partial charge in [-0.3, -0.25) is 0 Å². The van der Waals surface area contributed by atoms with Gasteiger partial charge in [0.1, 0.15) is 6.29 Å². The van der Waals surface area contributed by atoms with Crippen molar-refractivity contribution in [2.75, 3.05) is 18.1 Å². The van der Waals surface area contributed by atoms with Gasteiger partial charge in [0, 0.05) is 22.8 Å². The van der Waals surface area contributed by atoms with Gasteiger partial charge in [-0.05, 0) is 67.3 Å². The first-order valence-electron chi connectivity index (χ1n) is 10.3. The predicted molar refractivity (Wildman–Crippen MR) is 110 cm³/mol. The Morgan fingerprint density at radius 3 is 2.69 bits per heavy atom. The van der Waals surface area contributed by atoms with E-state index < -0.39 is 0 Å². The first kappa shape index (κ1) is 17.9. The second-order valence-corrected chi connectivity index (χ2v) is 12.5. The average molecular weight is 391 g/mol. The predicted octanol–water partition coefficient (Wildman–Crippen LogP) is 4.69. The average Bonchev–Trinajstić information content (AvgIpc) is 3.25. The van der Waals surface area contributed by atoms with Crippen LogP contribution in [0.1, 0.15) is 45.4 Å². The molecule has 0 unspecified atom stereocenters. The highest BCUT2D eigenvalue weighted by Crippen LogP contribution is 2.66. The molecule has 1 heterocycles. The lowest BCUT2D eigenvalue weighted by atomic mass is 9.48. The molecule has 4 aliphatic carbocycles. The Morgan fingerprint density at radius 1 is 1.15 bits per heavy atom. The van der Waals surface area contributed by atoms with Gasteiger partial charge in [-0.1, -0.05) is 25.2 Å². The summed E-state index contributed by atoms with van der Waals surface area (Å²) in [6.07, 6.45) is 15.5. The second-order valence-electron chi connectivity index (χ2n) is 9.44. The van der Waals surface area contributed by atoms with Crippen molar-refractivity contribution < 1.29 is 9.90 Å². The molecule has 142 valence electrons. The fourth-order valence-corrected chi connectivity index (χ4v) is 10.3. The normalized spacial score (nSPS) is 48.6. The Hall–Kier alpha value is -0.190. The fraction of sp³-hybridized carbons (Fsp3) is 0.773. The third-order valence-corrected chi connectivity index (χ3v) is 12.1. The van der Waals surface area contributed by atoms with Crippen LogP contribution >= 0.6 is 23.5 Å². The molecule has 1 saturated heterocycles. The van der Waals surface area contributed by atoms with Gasteiger partial charge in [0.05, 0.1) is 10.7 Å². The number of aliphatic hydroxyl groups is 1. The third-order valence-electron chi connectivity index (χ3n) is 8.71. The number of aldehydes is 1. The molecule has 26 heavy (non-hydrogen) atoms. The number of rotatable bonds is 2. The molecule has 0 amide bonds. The van der Waals surface area contributed by atoms with Crippen molar-refractivity contribution in [3.05, 3.63) is 23.8 Å². The van der Waals surface area contributed by atoms with E-state index in [0.717, 1.165) is 25.7 Å². The number of allylic oxidation sites excluding steroid dienone is 2. The van der Waals surface area contributed by atoms with Crippen molar-refractivity contribution in [2.45, 2.75) is 49.5 Å². The summed E-state index contributed by atoms with van der Waals surface area (Å²) >= 11 is 4.22. The van der Waals surface area contributed by atoms with Gasteiger partial charge in [0.25, 0.3) is 0 Å². The molecule has 5 rings (SSSR count). The quantitative estimate of drug-likeness (QED) is 0.694. The van der Waals surface area contributed by atoms with Crippen LogP contribution in [0.3, 0.4) is 0 Å². The van der Waals surface area contributed by atoms with Crippen LogP contribution in [0.25, 0.3) is 0 Å². The van der Waals surface area contributed by atoms with Crippen molar-refractivity contribution in [3.63, 3.8) is 0 Å². The largest absolute Gasteiger partial charge is 0.395 e. The smallest absolute Gasteiger partial charge is 0.123 e. The van der Waals surface area contributed by atoms with Crippen molar-refractivity contribution in [1.29, 1.82) is 0 Å². The van der Waals surface area contributed by atoms with E-state index in [2.05, 4.69) is 48.7 Å². The Morgan fingerprint density at radius 2 is 1.96 bits per heavy atom. The van der Waals surface area contributed by atoms with Gasteiger partial charge in [-0.25, -0.2) is 0 Å². The molecule has 0 aromatic rings. The van der Waals surface area contributed by atoms with E-state index in [0.29, 0.717) is 17.8 Å². The van der Waals surface area contributed by atoms with Crippen LogP contribution in [0.2, 0.25) is 0 Å². The number of aliphatic hydroxyl groups excluding tert-OH is 1. The van der Waals surface area contributed by atoms with Crippen molar-refractivity contribution in [2.24, 2.45) is 34.5 Å². The van der Waals surface area contributed by atoms with Crippen molar-refractivity contribution in [1.82, 2.24) is 0 Å². The molecule has 6 atom stereocenters. The van der Waals surface area contributed by atoms with Crippen LogP contribution in [0.15, 0.2) is 23.8 Å². The number of carbonyl (C=O) groups excluding carboxylic acids is 1. The summed E-state index contributed by atoms with van der Waals surface area (Å²) in [5.41, 5.74) is 1.57. The van der Waals surface area contributed by atoms with Gasteiger partial charge < -0.3 is 9.90 Å². The highest BCUT2D eigenvalue weighted by Gasteiger charge is 2.59. The fourth-order valence-electron chi connectivity index (χ4n) is 7.18. The first-order valence-corrected chi connectivity index (χ1v) is 12.3. The Bertz CT molecular complexity index is 665. The highest BCUT2D eigenvalue weighted by molar-refractivity contribution is 8.21. The maximum absolute atomic E-state index is 11.6. The molecule has 1 N–H and O–H groups in total. The lowest BCUT2D eigenvalue weighted by Crippen LogP contribution is -2.52. The molecule has 0 radical (unpaired) electrons. The summed E-state index contributed by atoms with van der Waals surface area (Å²) in [5, 5.41) is 10.6. The zero-order chi connectivity index (χ0) is 18.0. The molecule has 0 aromatic carbocycles. The molecule has 1 spiro atoms. The van der Waals surface area contributed by atoms with Crippen LogP contribution in [0.5, 0.6) is 0 Å². The van der Waals surface area contributed by atoms with Crippen LogP contribution in [-0.4, -0.2) is 33.6 Å². The van der Waals surface area contributed by atoms with Gasteiger partial charge in [0.15, 0.2) is 0 Å². The number of fused-ring (bicyclic) bond motifs is 5. The van der Waals surface area contributed by atoms with Gasteiger partial charge in [-0.15, -0.1) is 23.5 Å². The minimum Gasteiger partial charge on any atom is -0.395 e. The summed E-state index contributed by atoms with van der Waals surface area (Å²) in [4.78, 5) is 11.6. The highest BCUT2D eigenvalue weighted by atomic mass is 32.2. The van der Waals surface area contributed by atoms with E-state index in [4.69, 9.17) is 0 Å². The van der Waals surface area contributed by atoms with E-state index in [1.807, 2.05) is 0 Å². The molecule has 0 bridgehead atoms. The van der Waals surface area contributed by atoms with E-state index >= 15 is 0 Å². The molecular weight excluding hydrogens is 360 g/mol. The molecular formula is C22H30O2S2. The minimum atomic E-state index is -0.0328. The van der Waals surface area contributed by atoms with Crippen molar-refractivity contribution in [3.8, 4) is 0 Å². The first-order chi connectivity index (χ1) is 12.6. The lowest BCUT2D eigenvalue weighted by molar-refractivity contribution is -0.117. The molecule has 3 fully saturated rings. The van der Waals surface area contributed by atoms with E-state index in [1.165, 1.54) is 36.2 Å². The van der Waals surface area contributed by atoms with Gasteiger partial charge in [0.2, 0.25) is 0 Å². The molecule has 4 heteroatoms. The zero-order valence-electron chi connectivity index (χ0n) is 15.7. The Labute approximate surface area is 165 Å². The maximum atomic E-state index is 11.6. The number of carbonyl (C=O) groups is 1. The monoisotopic (exact) mass is 390 g/mol. The zero-order valence-corrected chi connectivity index (χ0v) is 17.3. The topological polar surface area (TPSA) is 37.3 Å². The SMILES string of the molecule is C[C@]12CC[C@H]3[C@@H](C=CC4=CC5(CC[C@@]43CO)SCCS5)[C@@H]1CC[C@@H]2C=O. The number of thioether (sulfide) groups is 2. The van der Waals surface area contributed by atoms with Crippen LogP contribution in [-0.2, 0) is 4.79 Å². The van der Waals surface area contributed by atoms with E-state index in [-0.39, 0.29) is 27.4 Å². The summed E-state index contributed by atoms with van der Waals surface area (Å²) in [6, 6.07) is 0. The second kappa shape index (κ2) is 6.15. The molecule has 2 saturated carbocycles. The van der Waals surface area contributed by atoms with Crippen molar-refractivity contribution >= 4 is 29.8 Å².